The van der Waals surface area contributed by atoms with E-state index < -0.39 is 16.9 Å². The van der Waals surface area contributed by atoms with E-state index in [0.717, 1.165) is 46.3 Å². The first kappa shape index (κ1) is 24.8. The number of imidazole rings is 1. The van der Waals surface area contributed by atoms with Gasteiger partial charge in [-0.1, -0.05) is 18.2 Å². The van der Waals surface area contributed by atoms with Gasteiger partial charge in [0.05, 0.1) is 40.0 Å². The molecule has 1 atom stereocenters. The first-order valence-electron chi connectivity index (χ1n) is 12.4. The fraction of sp³-hybridized carbons (Fsp3) is 0.321. The van der Waals surface area contributed by atoms with E-state index in [1.807, 2.05) is 53.2 Å². The monoisotopic (exact) mass is 515 g/mol. The van der Waals surface area contributed by atoms with Crippen LogP contribution in [-0.4, -0.2) is 36.3 Å². The highest BCUT2D eigenvalue weighted by molar-refractivity contribution is 7.85. The number of amides is 1. The second-order valence-corrected chi connectivity index (χ2v) is 11.0. The van der Waals surface area contributed by atoms with E-state index in [1.165, 1.54) is 0 Å². The molecule has 1 unspecified atom stereocenters. The van der Waals surface area contributed by atoms with Crippen molar-refractivity contribution >= 4 is 33.5 Å². The quantitative estimate of drug-likeness (QED) is 0.316. The minimum Gasteiger partial charge on any atom is -0.447 e. The molecule has 5 rings (SSSR count). The van der Waals surface area contributed by atoms with Crippen LogP contribution in [-0.2, 0) is 22.1 Å². The van der Waals surface area contributed by atoms with E-state index in [2.05, 4.69) is 20.9 Å². The summed E-state index contributed by atoms with van der Waals surface area (Å²) in [6, 6.07) is 16.0. The maximum atomic E-state index is 13.1. The van der Waals surface area contributed by atoms with Gasteiger partial charge < -0.3 is 13.9 Å². The van der Waals surface area contributed by atoms with Crippen molar-refractivity contribution in [2.24, 2.45) is 0 Å². The molecular weight excluding hydrogens is 486 g/mol. The second-order valence-electron chi connectivity index (χ2n) is 9.48. The highest BCUT2D eigenvalue weighted by Gasteiger charge is 2.28. The van der Waals surface area contributed by atoms with Crippen LogP contribution in [0.1, 0.15) is 44.7 Å². The van der Waals surface area contributed by atoms with Crippen LogP contribution in [0.5, 0.6) is 0 Å². The van der Waals surface area contributed by atoms with E-state index >= 15 is 0 Å². The Bertz CT molecular complexity index is 1480. The summed E-state index contributed by atoms with van der Waals surface area (Å²) in [7, 11) is -1.18. The summed E-state index contributed by atoms with van der Waals surface area (Å²) in [5, 5.41) is 13.8. The number of carbonyl (C=O) groups excluding carboxylic acids is 1. The molecule has 1 aliphatic carbocycles. The highest BCUT2D eigenvalue weighted by Crippen LogP contribution is 2.43. The summed E-state index contributed by atoms with van der Waals surface area (Å²) in [5.41, 5.74) is 3.92. The van der Waals surface area contributed by atoms with Gasteiger partial charge in [0.15, 0.2) is 0 Å². The summed E-state index contributed by atoms with van der Waals surface area (Å²) in [5.74, 6) is 0.484. The fourth-order valence-corrected chi connectivity index (χ4v) is 5.73. The van der Waals surface area contributed by atoms with Gasteiger partial charge in [-0.15, -0.1) is 0 Å². The van der Waals surface area contributed by atoms with Gasteiger partial charge in [0, 0.05) is 46.7 Å². The van der Waals surface area contributed by atoms with E-state index in [9.17, 15) is 14.3 Å². The molecule has 2 aromatic heterocycles. The molecule has 1 fully saturated rings. The number of ether oxygens (including phenoxy) is 1. The van der Waals surface area contributed by atoms with Crippen LogP contribution in [0, 0.1) is 11.3 Å². The van der Waals surface area contributed by atoms with E-state index in [1.54, 1.807) is 26.4 Å². The van der Waals surface area contributed by atoms with Crippen LogP contribution in [0.25, 0.3) is 22.2 Å². The third-order valence-electron chi connectivity index (χ3n) is 6.63. The molecule has 1 amide bonds. The number of aryl methyl sites for hydroxylation is 1. The molecule has 0 aliphatic heterocycles. The smallest absolute Gasteiger partial charge is 0.411 e. The molecular formula is C28H29N5O3S. The van der Waals surface area contributed by atoms with Gasteiger partial charge in [0.2, 0.25) is 0 Å². The number of nitrogens with one attached hydrogen (secondary N) is 1. The first-order valence-corrected chi connectivity index (χ1v) is 13.8. The molecule has 0 saturated heterocycles. The summed E-state index contributed by atoms with van der Waals surface area (Å²) >= 11 is 0. The van der Waals surface area contributed by atoms with Crippen molar-refractivity contribution in [2.75, 3.05) is 11.1 Å². The Kier molecular flexibility index (Phi) is 7.10. The Labute approximate surface area is 218 Å². The molecule has 1 saturated carbocycles. The third kappa shape index (κ3) is 5.16. The topological polar surface area (TPSA) is 102 Å². The zero-order valence-corrected chi connectivity index (χ0v) is 21.7. The maximum absolute atomic E-state index is 13.1. The molecule has 190 valence electrons. The van der Waals surface area contributed by atoms with Crippen LogP contribution >= 0.6 is 0 Å². The molecule has 2 heterocycles. The van der Waals surface area contributed by atoms with E-state index in [-0.39, 0.29) is 12.1 Å². The Morgan fingerprint density at radius 1 is 1.24 bits per heavy atom. The molecule has 0 bridgehead atoms. The van der Waals surface area contributed by atoms with Gasteiger partial charge >= 0.3 is 6.09 Å². The number of hydrogen-bond acceptors (Lipinski definition) is 5. The Morgan fingerprint density at radius 3 is 2.65 bits per heavy atom. The van der Waals surface area contributed by atoms with Crippen molar-refractivity contribution in [3.63, 3.8) is 0 Å². The Morgan fingerprint density at radius 2 is 2.03 bits per heavy atom. The zero-order valence-electron chi connectivity index (χ0n) is 20.9. The number of fused-ring (bicyclic) bond motifs is 1. The lowest BCUT2D eigenvalue weighted by Gasteiger charge is -2.30. The summed E-state index contributed by atoms with van der Waals surface area (Å²) in [6.45, 7) is 4.21. The average molecular weight is 516 g/mol. The predicted molar refractivity (Wildman–Crippen MR) is 144 cm³/mol. The van der Waals surface area contributed by atoms with Crippen LogP contribution in [0.15, 0.2) is 66.1 Å². The summed E-state index contributed by atoms with van der Waals surface area (Å²) in [6.07, 6.45) is 7.81. The number of anilines is 1. The molecule has 1 N–H and O–H groups in total. The minimum absolute atomic E-state index is 0.208. The molecule has 4 aromatic rings. The molecule has 1 aliphatic rings. The number of aromatic nitrogens is 3. The van der Waals surface area contributed by atoms with Gasteiger partial charge in [0.25, 0.3) is 0 Å². The maximum Gasteiger partial charge on any atom is 0.411 e. The number of hydrogen-bond donors (Lipinski definition) is 1. The van der Waals surface area contributed by atoms with Crippen molar-refractivity contribution in [3.8, 4) is 17.3 Å². The predicted octanol–water partition coefficient (Wildman–Crippen LogP) is 5.87. The van der Waals surface area contributed by atoms with Gasteiger partial charge in [-0.25, -0.2) is 9.78 Å². The Hall–Kier alpha value is -3.90. The summed E-state index contributed by atoms with van der Waals surface area (Å²) in [4.78, 5) is 16.8. The lowest BCUT2D eigenvalue weighted by Crippen LogP contribution is -2.18. The van der Waals surface area contributed by atoms with Crippen molar-refractivity contribution in [2.45, 2.75) is 56.7 Å². The molecule has 37 heavy (non-hydrogen) atoms. The highest BCUT2D eigenvalue weighted by atomic mass is 32.2. The van der Waals surface area contributed by atoms with E-state index in [4.69, 9.17) is 4.74 Å². The van der Waals surface area contributed by atoms with Gasteiger partial charge in [-0.2, -0.15) is 5.26 Å². The molecule has 8 nitrogen and oxygen atoms in total. The standard InChI is InChI=1S/C28H29N5O3S/c1-19(2)36-28(34)31-21-8-6-20(7-9-21)27-25(17-29)24-11-10-23(16-26(24)33(27)22-4-3-5-22)37(35)15-14-32-13-12-30-18-32/h6-13,16,18-19,22H,3-5,14-15H2,1-2H3,(H,31,34). The molecule has 2 aromatic carbocycles. The average Bonchev–Trinajstić information content (AvgIpc) is 3.47. The van der Waals surface area contributed by atoms with Crippen molar-refractivity contribution in [1.29, 1.82) is 5.26 Å². The number of nitriles is 1. The normalized spacial score (nSPS) is 14.3. The third-order valence-corrected chi connectivity index (χ3v) is 7.96. The lowest BCUT2D eigenvalue weighted by molar-refractivity contribution is 0.130. The van der Waals surface area contributed by atoms with Crippen LogP contribution in [0.2, 0.25) is 0 Å². The number of rotatable bonds is 8. The fourth-order valence-electron chi connectivity index (χ4n) is 4.65. The van der Waals surface area contributed by atoms with Gasteiger partial charge in [0.1, 0.15) is 6.07 Å². The number of benzene rings is 2. The summed E-state index contributed by atoms with van der Waals surface area (Å²) < 4.78 is 22.5. The zero-order chi connectivity index (χ0) is 25.9. The van der Waals surface area contributed by atoms with E-state index in [0.29, 0.717) is 23.5 Å². The van der Waals surface area contributed by atoms with Crippen molar-refractivity contribution in [1.82, 2.24) is 14.1 Å². The number of nitrogens with zero attached hydrogens (tertiary/aromatic N) is 4. The Balaban J connectivity index is 1.50. The first-order chi connectivity index (χ1) is 17.9. The SMILES string of the molecule is CC(C)OC(=O)Nc1ccc(-c2c(C#N)c3ccc(S(=O)CCn4ccnc4)cc3n2C2CCC2)cc1. The van der Waals surface area contributed by atoms with Crippen LogP contribution in [0.3, 0.4) is 0 Å². The largest absolute Gasteiger partial charge is 0.447 e. The lowest BCUT2D eigenvalue weighted by atomic mass is 9.92. The minimum atomic E-state index is -1.18. The van der Waals surface area contributed by atoms with Crippen LogP contribution < -0.4 is 5.32 Å². The van der Waals surface area contributed by atoms with Gasteiger partial charge in [-0.3, -0.25) is 9.53 Å². The van der Waals surface area contributed by atoms with Crippen LogP contribution in [0.4, 0.5) is 10.5 Å². The second kappa shape index (κ2) is 10.6. The number of carbonyl (C=O) groups is 1. The van der Waals surface area contributed by atoms with Crippen molar-refractivity contribution < 1.29 is 13.7 Å². The molecule has 0 radical (unpaired) electrons. The van der Waals surface area contributed by atoms with Crippen molar-refractivity contribution in [3.05, 3.63) is 66.7 Å². The molecule has 0 spiro atoms. The molecule has 9 heteroatoms. The van der Waals surface area contributed by atoms with Gasteiger partial charge in [-0.05, 0) is 62.9 Å².